The van der Waals surface area contributed by atoms with Gasteiger partial charge in [0.15, 0.2) is 0 Å². The van der Waals surface area contributed by atoms with E-state index >= 15 is 0 Å². The summed E-state index contributed by atoms with van der Waals surface area (Å²) in [5, 5.41) is 8.86. The third-order valence-corrected chi connectivity index (χ3v) is 4.55. The molecule has 0 heterocycles. The Kier molecular flexibility index (Phi) is 7.19. The molecule has 0 atom stereocenters. The SMILES string of the molecule is CCCC=CCOCC1CCC(c2ccc(C#N)cc2)CC1. The van der Waals surface area contributed by atoms with E-state index in [0.717, 1.165) is 25.2 Å². The zero-order valence-corrected chi connectivity index (χ0v) is 13.6. The number of ether oxygens (including phenoxy) is 1. The summed E-state index contributed by atoms with van der Waals surface area (Å²) in [5.74, 6) is 1.38. The fraction of sp³-hybridized carbons (Fsp3) is 0.550. The Morgan fingerprint density at radius 1 is 1.14 bits per heavy atom. The summed E-state index contributed by atoms with van der Waals surface area (Å²) in [6, 6.07) is 10.3. The summed E-state index contributed by atoms with van der Waals surface area (Å²) in [4.78, 5) is 0. The Morgan fingerprint density at radius 3 is 2.50 bits per heavy atom. The van der Waals surface area contributed by atoms with Crippen molar-refractivity contribution >= 4 is 0 Å². The second-order valence-electron chi connectivity index (χ2n) is 6.25. The minimum absolute atomic E-state index is 0.661. The van der Waals surface area contributed by atoms with Gasteiger partial charge in [0.2, 0.25) is 0 Å². The maximum absolute atomic E-state index is 8.86. The zero-order valence-electron chi connectivity index (χ0n) is 13.6. The maximum atomic E-state index is 8.86. The van der Waals surface area contributed by atoms with Crippen LogP contribution in [-0.4, -0.2) is 13.2 Å². The molecule has 0 unspecified atom stereocenters. The smallest absolute Gasteiger partial charge is 0.0991 e. The van der Waals surface area contributed by atoms with Crippen molar-refractivity contribution in [1.82, 2.24) is 0 Å². The van der Waals surface area contributed by atoms with E-state index in [-0.39, 0.29) is 0 Å². The van der Waals surface area contributed by atoms with E-state index in [1.165, 1.54) is 37.7 Å². The molecule has 0 amide bonds. The quantitative estimate of drug-likeness (QED) is 0.511. The molecule has 0 saturated heterocycles. The van der Waals surface area contributed by atoms with E-state index in [1.807, 2.05) is 12.1 Å². The van der Waals surface area contributed by atoms with Crippen LogP contribution < -0.4 is 0 Å². The molecule has 1 aromatic carbocycles. The first kappa shape index (κ1) is 16.8. The van der Waals surface area contributed by atoms with Crippen molar-refractivity contribution in [1.29, 1.82) is 5.26 Å². The summed E-state index contributed by atoms with van der Waals surface area (Å²) in [6.45, 7) is 3.85. The highest BCUT2D eigenvalue weighted by molar-refractivity contribution is 5.33. The van der Waals surface area contributed by atoms with Crippen molar-refractivity contribution in [3.8, 4) is 6.07 Å². The molecule has 1 saturated carbocycles. The van der Waals surface area contributed by atoms with Crippen LogP contribution in [0.3, 0.4) is 0 Å². The van der Waals surface area contributed by atoms with Crippen LogP contribution in [0.2, 0.25) is 0 Å². The average molecular weight is 297 g/mol. The molecule has 118 valence electrons. The van der Waals surface area contributed by atoms with Crippen LogP contribution in [0.4, 0.5) is 0 Å². The van der Waals surface area contributed by atoms with Crippen LogP contribution in [0.25, 0.3) is 0 Å². The normalized spacial score (nSPS) is 21.8. The number of rotatable bonds is 7. The highest BCUT2D eigenvalue weighted by Gasteiger charge is 2.22. The molecular formula is C20H27NO. The monoisotopic (exact) mass is 297 g/mol. The summed E-state index contributed by atoms with van der Waals surface area (Å²) in [7, 11) is 0. The van der Waals surface area contributed by atoms with Gasteiger partial charge in [-0.15, -0.1) is 0 Å². The van der Waals surface area contributed by atoms with Crippen LogP contribution in [0.1, 0.15) is 62.5 Å². The fourth-order valence-electron chi connectivity index (χ4n) is 3.15. The van der Waals surface area contributed by atoms with Crippen molar-refractivity contribution in [2.24, 2.45) is 5.92 Å². The van der Waals surface area contributed by atoms with E-state index in [4.69, 9.17) is 10.00 Å². The molecule has 2 heteroatoms. The molecule has 2 nitrogen and oxygen atoms in total. The lowest BCUT2D eigenvalue weighted by Crippen LogP contribution is -2.18. The average Bonchev–Trinajstić information content (AvgIpc) is 2.59. The highest BCUT2D eigenvalue weighted by atomic mass is 16.5. The van der Waals surface area contributed by atoms with Crippen LogP contribution >= 0.6 is 0 Å². The third-order valence-electron chi connectivity index (χ3n) is 4.55. The molecule has 2 rings (SSSR count). The number of allylic oxidation sites excluding steroid dienone is 1. The Hall–Kier alpha value is -1.59. The van der Waals surface area contributed by atoms with Crippen molar-refractivity contribution in [3.63, 3.8) is 0 Å². The van der Waals surface area contributed by atoms with E-state index in [9.17, 15) is 0 Å². The minimum Gasteiger partial charge on any atom is -0.377 e. The number of benzene rings is 1. The van der Waals surface area contributed by atoms with Gasteiger partial charge in [-0.3, -0.25) is 0 Å². The van der Waals surface area contributed by atoms with E-state index < -0.39 is 0 Å². The first-order valence-electron chi connectivity index (χ1n) is 8.56. The molecular weight excluding hydrogens is 270 g/mol. The van der Waals surface area contributed by atoms with Gasteiger partial charge in [-0.25, -0.2) is 0 Å². The van der Waals surface area contributed by atoms with Crippen molar-refractivity contribution in [2.45, 2.75) is 51.4 Å². The molecule has 1 aliphatic carbocycles. The van der Waals surface area contributed by atoms with Gasteiger partial charge in [-0.2, -0.15) is 5.26 Å². The number of nitrogens with zero attached hydrogens (tertiary/aromatic N) is 1. The highest BCUT2D eigenvalue weighted by Crippen LogP contribution is 2.35. The van der Waals surface area contributed by atoms with E-state index in [0.29, 0.717) is 11.8 Å². The van der Waals surface area contributed by atoms with Gasteiger partial charge in [0.05, 0.1) is 18.2 Å². The Bertz CT molecular complexity index is 489. The zero-order chi connectivity index (χ0) is 15.6. The third kappa shape index (κ3) is 5.31. The Labute approximate surface area is 134 Å². The second kappa shape index (κ2) is 9.43. The molecule has 0 radical (unpaired) electrons. The van der Waals surface area contributed by atoms with E-state index in [2.05, 4.69) is 37.3 Å². The van der Waals surface area contributed by atoms with Gasteiger partial charge in [0.1, 0.15) is 0 Å². The topological polar surface area (TPSA) is 33.0 Å². The largest absolute Gasteiger partial charge is 0.377 e. The van der Waals surface area contributed by atoms with Crippen LogP contribution in [0, 0.1) is 17.2 Å². The molecule has 0 bridgehead atoms. The maximum Gasteiger partial charge on any atom is 0.0991 e. The standard InChI is InChI=1S/C20H27NO/c1-2-3-4-5-14-22-16-18-8-12-20(13-9-18)19-10-6-17(15-21)7-11-19/h4-7,10-11,18,20H,2-3,8-9,12-14,16H2,1H3. The molecule has 0 N–H and O–H groups in total. The number of unbranched alkanes of at least 4 members (excludes halogenated alkanes) is 1. The van der Waals surface area contributed by atoms with E-state index in [1.54, 1.807) is 0 Å². The first-order valence-corrected chi connectivity index (χ1v) is 8.56. The molecule has 1 aromatic rings. The van der Waals surface area contributed by atoms with Crippen molar-refractivity contribution < 1.29 is 4.74 Å². The summed E-state index contributed by atoms with van der Waals surface area (Å²) >= 11 is 0. The lowest BCUT2D eigenvalue weighted by molar-refractivity contribution is 0.102. The lowest BCUT2D eigenvalue weighted by Gasteiger charge is -2.28. The van der Waals surface area contributed by atoms with Crippen molar-refractivity contribution in [3.05, 3.63) is 47.5 Å². The summed E-state index contributed by atoms with van der Waals surface area (Å²) in [5.41, 5.74) is 2.14. The van der Waals surface area contributed by atoms with Crippen molar-refractivity contribution in [2.75, 3.05) is 13.2 Å². The number of hydrogen-bond acceptors (Lipinski definition) is 2. The van der Waals surface area contributed by atoms with Crippen LogP contribution in [0.15, 0.2) is 36.4 Å². The van der Waals surface area contributed by atoms with Crippen LogP contribution in [-0.2, 0) is 4.74 Å². The Balaban J connectivity index is 1.68. The van der Waals surface area contributed by atoms with Gasteiger partial charge in [0, 0.05) is 6.61 Å². The molecule has 0 spiro atoms. The van der Waals surface area contributed by atoms with Gasteiger partial charge in [0.25, 0.3) is 0 Å². The predicted octanol–water partition coefficient (Wildman–Crippen LogP) is 5.20. The molecule has 0 aliphatic heterocycles. The van der Waals surface area contributed by atoms with Gasteiger partial charge < -0.3 is 4.74 Å². The number of nitriles is 1. The van der Waals surface area contributed by atoms with Crippen LogP contribution in [0.5, 0.6) is 0 Å². The molecule has 1 fully saturated rings. The Morgan fingerprint density at radius 2 is 1.86 bits per heavy atom. The van der Waals surface area contributed by atoms with Gasteiger partial charge in [-0.1, -0.05) is 37.6 Å². The second-order valence-corrected chi connectivity index (χ2v) is 6.25. The molecule has 22 heavy (non-hydrogen) atoms. The lowest BCUT2D eigenvalue weighted by atomic mass is 9.79. The summed E-state index contributed by atoms with van der Waals surface area (Å²) in [6.07, 6.45) is 11.7. The van der Waals surface area contributed by atoms with Gasteiger partial charge in [-0.05, 0) is 61.6 Å². The first-order chi connectivity index (χ1) is 10.8. The van der Waals surface area contributed by atoms with Gasteiger partial charge >= 0.3 is 0 Å². The minimum atomic E-state index is 0.661. The number of hydrogen-bond donors (Lipinski definition) is 0. The summed E-state index contributed by atoms with van der Waals surface area (Å²) < 4.78 is 5.77. The predicted molar refractivity (Wildman–Crippen MR) is 90.7 cm³/mol. The molecule has 1 aliphatic rings. The molecule has 0 aromatic heterocycles. The fourth-order valence-corrected chi connectivity index (χ4v) is 3.15.